The standard InChI is InChI=1S/C20H20O4/c1-22-18-11-14(12-19(23-2)20(18)24-3)8-7-13-9-15-5-4-6-16(15)17(21)10-13/h4,6-12,21H,5H2,1-3H3/b8-7-. The van der Waals surface area contributed by atoms with Gasteiger partial charge in [-0.1, -0.05) is 30.4 Å². The summed E-state index contributed by atoms with van der Waals surface area (Å²) in [6, 6.07) is 7.62. The average Bonchev–Trinajstić information content (AvgIpc) is 3.08. The average molecular weight is 324 g/mol. The Morgan fingerprint density at radius 2 is 1.50 bits per heavy atom. The van der Waals surface area contributed by atoms with Crippen LogP contribution in [-0.4, -0.2) is 26.4 Å². The summed E-state index contributed by atoms with van der Waals surface area (Å²) in [5.41, 5.74) is 3.92. The lowest BCUT2D eigenvalue weighted by atomic mass is 10.0. The van der Waals surface area contributed by atoms with Gasteiger partial charge in [-0.3, -0.25) is 0 Å². The highest BCUT2D eigenvalue weighted by atomic mass is 16.5. The molecule has 0 heterocycles. The monoisotopic (exact) mass is 324 g/mol. The molecule has 4 heteroatoms. The topological polar surface area (TPSA) is 47.9 Å². The number of aromatic hydroxyl groups is 1. The fourth-order valence-corrected chi connectivity index (χ4v) is 2.87. The third kappa shape index (κ3) is 2.95. The van der Waals surface area contributed by atoms with Crippen molar-refractivity contribution in [1.82, 2.24) is 0 Å². The number of benzene rings is 2. The molecule has 0 unspecified atom stereocenters. The van der Waals surface area contributed by atoms with Crippen molar-refractivity contribution in [2.75, 3.05) is 21.3 Å². The molecule has 1 N–H and O–H groups in total. The zero-order valence-electron chi connectivity index (χ0n) is 14.0. The summed E-state index contributed by atoms with van der Waals surface area (Å²) in [6.45, 7) is 0. The number of fused-ring (bicyclic) bond motifs is 1. The molecule has 0 amide bonds. The van der Waals surface area contributed by atoms with E-state index in [4.69, 9.17) is 14.2 Å². The molecule has 0 aromatic heterocycles. The van der Waals surface area contributed by atoms with Gasteiger partial charge in [0.25, 0.3) is 0 Å². The second kappa shape index (κ2) is 6.71. The molecule has 124 valence electrons. The quantitative estimate of drug-likeness (QED) is 0.839. The van der Waals surface area contributed by atoms with Gasteiger partial charge in [-0.15, -0.1) is 0 Å². The van der Waals surface area contributed by atoms with Crippen molar-refractivity contribution in [1.29, 1.82) is 0 Å². The van der Waals surface area contributed by atoms with Crippen LogP contribution in [0.5, 0.6) is 23.0 Å². The molecule has 1 aliphatic rings. The molecule has 0 spiro atoms. The van der Waals surface area contributed by atoms with E-state index in [1.807, 2.05) is 30.4 Å². The highest BCUT2D eigenvalue weighted by Gasteiger charge is 2.13. The first-order valence-corrected chi connectivity index (χ1v) is 7.66. The third-order valence-corrected chi connectivity index (χ3v) is 4.04. The van der Waals surface area contributed by atoms with Crippen LogP contribution in [0.3, 0.4) is 0 Å². The van der Waals surface area contributed by atoms with Crippen LogP contribution < -0.4 is 14.2 Å². The Morgan fingerprint density at radius 1 is 0.875 bits per heavy atom. The number of phenolic OH excluding ortho intramolecular Hbond substituents is 1. The number of rotatable bonds is 5. The van der Waals surface area contributed by atoms with Crippen LogP contribution in [0.1, 0.15) is 22.3 Å². The van der Waals surface area contributed by atoms with Crippen molar-refractivity contribution in [3.05, 3.63) is 52.6 Å². The van der Waals surface area contributed by atoms with Gasteiger partial charge < -0.3 is 19.3 Å². The second-order valence-electron chi connectivity index (χ2n) is 5.51. The summed E-state index contributed by atoms with van der Waals surface area (Å²) in [7, 11) is 4.77. The van der Waals surface area contributed by atoms with Gasteiger partial charge in [0.15, 0.2) is 11.5 Å². The molecule has 0 atom stereocenters. The first-order chi connectivity index (χ1) is 11.7. The van der Waals surface area contributed by atoms with Crippen molar-refractivity contribution in [2.45, 2.75) is 6.42 Å². The highest BCUT2D eigenvalue weighted by molar-refractivity contribution is 5.76. The Labute approximate surface area is 141 Å². The van der Waals surface area contributed by atoms with E-state index in [0.29, 0.717) is 23.0 Å². The van der Waals surface area contributed by atoms with E-state index in [1.54, 1.807) is 27.4 Å². The van der Waals surface area contributed by atoms with E-state index in [-0.39, 0.29) is 0 Å². The maximum absolute atomic E-state index is 10.1. The molecule has 0 saturated heterocycles. The smallest absolute Gasteiger partial charge is 0.203 e. The van der Waals surface area contributed by atoms with E-state index < -0.39 is 0 Å². The summed E-state index contributed by atoms with van der Waals surface area (Å²) in [6.07, 6.45) is 8.77. The number of phenols is 1. The van der Waals surface area contributed by atoms with Crippen molar-refractivity contribution < 1.29 is 19.3 Å². The normalized spacial score (nSPS) is 12.5. The molecule has 0 radical (unpaired) electrons. The fraction of sp³-hybridized carbons (Fsp3) is 0.200. The molecule has 3 rings (SSSR count). The summed E-state index contributed by atoms with van der Waals surface area (Å²) in [5.74, 6) is 2.10. The van der Waals surface area contributed by atoms with Crippen molar-refractivity contribution >= 4 is 18.2 Å². The number of allylic oxidation sites excluding steroid dienone is 1. The van der Waals surface area contributed by atoms with E-state index >= 15 is 0 Å². The van der Waals surface area contributed by atoms with E-state index in [9.17, 15) is 5.11 Å². The van der Waals surface area contributed by atoms with Gasteiger partial charge in [-0.2, -0.15) is 0 Å². The molecule has 0 aliphatic heterocycles. The molecule has 0 bridgehead atoms. The van der Waals surface area contributed by atoms with Crippen LogP contribution >= 0.6 is 0 Å². The third-order valence-electron chi connectivity index (χ3n) is 4.04. The SMILES string of the molecule is COc1cc(/C=C\c2cc(O)c3c(c2)CC=C3)cc(OC)c1OC. The Balaban J connectivity index is 1.94. The molecule has 0 saturated carbocycles. The Morgan fingerprint density at radius 3 is 2.08 bits per heavy atom. The first-order valence-electron chi connectivity index (χ1n) is 7.66. The van der Waals surface area contributed by atoms with Gasteiger partial charge >= 0.3 is 0 Å². The fourth-order valence-electron chi connectivity index (χ4n) is 2.87. The maximum atomic E-state index is 10.1. The minimum absolute atomic E-state index is 0.311. The lowest BCUT2D eigenvalue weighted by molar-refractivity contribution is 0.324. The predicted octanol–water partition coefficient (Wildman–Crippen LogP) is 4.16. The van der Waals surface area contributed by atoms with Gasteiger partial charge in [-0.05, 0) is 41.3 Å². The molecule has 2 aromatic carbocycles. The highest BCUT2D eigenvalue weighted by Crippen LogP contribution is 2.38. The molecule has 4 nitrogen and oxygen atoms in total. The predicted molar refractivity (Wildman–Crippen MR) is 95.9 cm³/mol. The van der Waals surface area contributed by atoms with E-state index in [1.165, 1.54) is 0 Å². The maximum Gasteiger partial charge on any atom is 0.203 e. The number of methoxy groups -OCH3 is 3. The van der Waals surface area contributed by atoms with Crippen molar-refractivity contribution in [3.8, 4) is 23.0 Å². The molecule has 0 fully saturated rings. The lowest BCUT2D eigenvalue weighted by Crippen LogP contribution is -1.95. The Hall–Kier alpha value is -2.88. The summed E-state index contributed by atoms with van der Waals surface area (Å²) >= 11 is 0. The molecule has 2 aromatic rings. The van der Waals surface area contributed by atoms with Crippen molar-refractivity contribution in [2.24, 2.45) is 0 Å². The van der Waals surface area contributed by atoms with Gasteiger partial charge in [0, 0.05) is 5.56 Å². The van der Waals surface area contributed by atoms with Crippen LogP contribution in [0, 0.1) is 0 Å². The summed E-state index contributed by atoms with van der Waals surface area (Å²) in [5, 5.41) is 10.1. The zero-order valence-corrected chi connectivity index (χ0v) is 14.0. The van der Waals surface area contributed by atoms with Crippen LogP contribution in [0.15, 0.2) is 30.3 Å². The summed E-state index contributed by atoms with van der Waals surface area (Å²) in [4.78, 5) is 0. The number of ether oxygens (including phenoxy) is 3. The summed E-state index contributed by atoms with van der Waals surface area (Å²) < 4.78 is 16.1. The second-order valence-corrected chi connectivity index (χ2v) is 5.51. The van der Waals surface area contributed by atoms with Crippen LogP contribution in [0.25, 0.3) is 18.2 Å². The van der Waals surface area contributed by atoms with Crippen LogP contribution in [0.4, 0.5) is 0 Å². The molecular weight excluding hydrogens is 304 g/mol. The Kier molecular flexibility index (Phi) is 4.47. The van der Waals surface area contributed by atoms with Crippen LogP contribution in [-0.2, 0) is 6.42 Å². The van der Waals surface area contributed by atoms with Gasteiger partial charge in [0.2, 0.25) is 5.75 Å². The first kappa shape index (κ1) is 16.0. The van der Waals surface area contributed by atoms with Crippen molar-refractivity contribution in [3.63, 3.8) is 0 Å². The number of hydrogen-bond donors (Lipinski definition) is 1. The van der Waals surface area contributed by atoms with Gasteiger partial charge in [0.1, 0.15) is 5.75 Å². The molecule has 1 aliphatic carbocycles. The minimum Gasteiger partial charge on any atom is -0.507 e. The van der Waals surface area contributed by atoms with E-state index in [0.717, 1.165) is 28.7 Å². The lowest BCUT2D eigenvalue weighted by Gasteiger charge is -2.12. The van der Waals surface area contributed by atoms with Gasteiger partial charge in [0.05, 0.1) is 21.3 Å². The van der Waals surface area contributed by atoms with E-state index in [2.05, 4.69) is 12.1 Å². The number of hydrogen-bond acceptors (Lipinski definition) is 4. The largest absolute Gasteiger partial charge is 0.507 e. The Bertz CT molecular complexity index is 794. The zero-order chi connectivity index (χ0) is 17.1. The molecular formula is C20H20O4. The molecule has 24 heavy (non-hydrogen) atoms. The van der Waals surface area contributed by atoms with Gasteiger partial charge in [-0.25, -0.2) is 0 Å². The minimum atomic E-state index is 0.311. The van der Waals surface area contributed by atoms with Crippen LogP contribution in [0.2, 0.25) is 0 Å².